The predicted molar refractivity (Wildman–Crippen MR) is 115 cm³/mol. The lowest BCUT2D eigenvalue weighted by atomic mass is 10.1. The number of hydrogen-bond donors (Lipinski definition) is 0. The molecule has 3 aromatic heterocycles. The molecule has 0 atom stereocenters. The smallest absolute Gasteiger partial charge is 0.275 e. The fourth-order valence-corrected chi connectivity index (χ4v) is 5.00. The van der Waals surface area contributed by atoms with Crippen LogP contribution < -0.4 is 15.0 Å². The summed E-state index contributed by atoms with van der Waals surface area (Å²) in [6.07, 6.45) is 1.79. The lowest BCUT2D eigenvalue weighted by molar-refractivity contribution is 0.120. The van der Waals surface area contributed by atoms with E-state index in [0.717, 1.165) is 40.0 Å². The second kappa shape index (κ2) is 6.72. The average Bonchev–Trinajstić information content (AvgIpc) is 3.30. The van der Waals surface area contributed by atoms with Gasteiger partial charge in [0.05, 0.1) is 28.7 Å². The highest BCUT2D eigenvalue weighted by atomic mass is 79.9. The molecule has 6 nitrogen and oxygen atoms in total. The predicted octanol–water partition coefficient (Wildman–Crippen LogP) is 3.27. The minimum absolute atomic E-state index is 0.0637. The Morgan fingerprint density at radius 3 is 2.71 bits per heavy atom. The number of anilines is 1. The van der Waals surface area contributed by atoms with E-state index in [0.29, 0.717) is 28.5 Å². The number of furan rings is 1. The van der Waals surface area contributed by atoms with Gasteiger partial charge in [0.1, 0.15) is 10.3 Å². The molecule has 8 heteroatoms. The maximum atomic E-state index is 13.0. The highest BCUT2D eigenvalue weighted by Crippen LogP contribution is 2.31. The first-order chi connectivity index (χ1) is 13.5. The Labute approximate surface area is 173 Å². The number of halogens is 1. The zero-order chi connectivity index (χ0) is 19.4. The highest BCUT2D eigenvalue weighted by molar-refractivity contribution is 9.10. The third-order valence-corrected chi connectivity index (χ3v) is 6.65. The molecule has 4 heterocycles. The minimum Gasteiger partial charge on any atom is -0.440 e. The standard InChI is InChI=1S/C20H18BrN3O3S/c1-11-7-15-16(8-12(11)2)24-18(25)17(28-20(24)22-15)10-13-9-14(21)19(27-13)23-3-5-26-6-4-23/h7-10H,3-6H2,1-2H3/b17-10-. The third kappa shape index (κ3) is 2.87. The number of imidazole rings is 1. The molecule has 5 rings (SSSR count). The molecule has 0 spiro atoms. The van der Waals surface area contributed by atoms with Crippen molar-refractivity contribution >= 4 is 55.2 Å². The number of ether oxygens (including phenoxy) is 1. The van der Waals surface area contributed by atoms with E-state index in [1.165, 1.54) is 16.9 Å². The number of aryl methyl sites for hydroxylation is 2. The van der Waals surface area contributed by atoms with E-state index in [2.05, 4.69) is 32.7 Å². The van der Waals surface area contributed by atoms with Gasteiger partial charge in [-0.25, -0.2) is 9.38 Å². The van der Waals surface area contributed by atoms with Crippen molar-refractivity contribution in [1.82, 2.24) is 9.38 Å². The van der Waals surface area contributed by atoms with Crippen LogP contribution in [-0.4, -0.2) is 35.7 Å². The molecule has 0 bridgehead atoms. The minimum atomic E-state index is -0.0637. The Morgan fingerprint density at radius 2 is 1.93 bits per heavy atom. The van der Waals surface area contributed by atoms with Gasteiger partial charge in [0.2, 0.25) is 5.88 Å². The summed E-state index contributed by atoms with van der Waals surface area (Å²) in [5, 5.41) is 0. The fourth-order valence-electron chi connectivity index (χ4n) is 3.48. The SMILES string of the molecule is Cc1cc2nc3s/c(=C\c4cc(Br)c(N5CCOCC5)o4)c(=O)n3c2cc1C. The number of morpholine rings is 1. The molecule has 1 aliphatic rings. The molecule has 0 N–H and O–H groups in total. The van der Waals surface area contributed by atoms with Crippen molar-refractivity contribution < 1.29 is 9.15 Å². The summed E-state index contributed by atoms with van der Waals surface area (Å²) in [7, 11) is 0. The zero-order valence-electron chi connectivity index (χ0n) is 15.5. The molecule has 1 fully saturated rings. The van der Waals surface area contributed by atoms with Crippen LogP contribution in [0.5, 0.6) is 0 Å². The van der Waals surface area contributed by atoms with E-state index in [1.54, 1.807) is 10.5 Å². The molecule has 4 aromatic rings. The first kappa shape index (κ1) is 17.9. The molecule has 1 aromatic carbocycles. The Morgan fingerprint density at radius 1 is 1.18 bits per heavy atom. The van der Waals surface area contributed by atoms with Crippen molar-refractivity contribution in [2.24, 2.45) is 0 Å². The van der Waals surface area contributed by atoms with Gasteiger partial charge in [0.25, 0.3) is 5.56 Å². The number of benzene rings is 1. The normalized spacial score (nSPS) is 16.0. The first-order valence-corrected chi connectivity index (χ1v) is 10.7. The topological polar surface area (TPSA) is 60.0 Å². The lowest BCUT2D eigenvalue weighted by Gasteiger charge is -2.26. The molecule has 28 heavy (non-hydrogen) atoms. The number of nitrogens with zero attached hydrogens (tertiary/aromatic N) is 3. The Balaban J connectivity index is 1.61. The van der Waals surface area contributed by atoms with Crippen LogP contribution in [0.1, 0.15) is 16.9 Å². The molecule has 1 saturated heterocycles. The Bertz CT molecular complexity index is 1310. The summed E-state index contributed by atoms with van der Waals surface area (Å²) in [5.74, 6) is 1.42. The van der Waals surface area contributed by atoms with E-state index in [9.17, 15) is 4.79 Å². The summed E-state index contributed by atoms with van der Waals surface area (Å²) in [5.41, 5.74) is 3.97. The van der Waals surface area contributed by atoms with Gasteiger partial charge in [0, 0.05) is 25.2 Å². The van der Waals surface area contributed by atoms with Crippen molar-refractivity contribution in [2.75, 3.05) is 31.2 Å². The van der Waals surface area contributed by atoms with Crippen LogP contribution in [0.4, 0.5) is 5.88 Å². The van der Waals surface area contributed by atoms with Crippen molar-refractivity contribution in [1.29, 1.82) is 0 Å². The number of rotatable bonds is 2. The van der Waals surface area contributed by atoms with Gasteiger partial charge >= 0.3 is 0 Å². The van der Waals surface area contributed by atoms with Gasteiger partial charge in [-0.1, -0.05) is 11.3 Å². The lowest BCUT2D eigenvalue weighted by Crippen LogP contribution is -2.36. The summed E-state index contributed by atoms with van der Waals surface area (Å²) in [6.45, 7) is 7.05. The maximum Gasteiger partial charge on any atom is 0.275 e. The van der Waals surface area contributed by atoms with Crippen LogP contribution in [-0.2, 0) is 4.74 Å². The Hall–Kier alpha value is -2.16. The number of hydrogen-bond acceptors (Lipinski definition) is 6. The fraction of sp³-hybridized carbons (Fsp3) is 0.300. The zero-order valence-corrected chi connectivity index (χ0v) is 17.9. The summed E-state index contributed by atoms with van der Waals surface area (Å²) >= 11 is 4.95. The van der Waals surface area contributed by atoms with E-state index in [-0.39, 0.29) is 5.56 Å². The van der Waals surface area contributed by atoms with E-state index < -0.39 is 0 Å². The van der Waals surface area contributed by atoms with E-state index in [1.807, 2.05) is 25.1 Å². The molecule has 0 saturated carbocycles. The van der Waals surface area contributed by atoms with Crippen LogP contribution in [0.2, 0.25) is 0 Å². The number of fused-ring (bicyclic) bond motifs is 3. The monoisotopic (exact) mass is 459 g/mol. The molecule has 0 unspecified atom stereocenters. The van der Waals surface area contributed by atoms with Crippen molar-refractivity contribution in [3.63, 3.8) is 0 Å². The van der Waals surface area contributed by atoms with E-state index >= 15 is 0 Å². The highest BCUT2D eigenvalue weighted by Gasteiger charge is 2.19. The van der Waals surface area contributed by atoms with Gasteiger partial charge < -0.3 is 14.1 Å². The molecular weight excluding hydrogens is 442 g/mol. The van der Waals surface area contributed by atoms with Gasteiger partial charge in [-0.15, -0.1) is 0 Å². The summed E-state index contributed by atoms with van der Waals surface area (Å²) in [4.78, 5) is 20.5. The maximum absolute atomic E-state index is 13.0. The number of thiazole rings is 1. The van der Waals surface area contributed by atoms with Crippen LogP contribution in [0, 0.1) is 13.8 Å². The van der Waals surface area contributed by atoms with Crippen molar-refractivity contribution in [3.05, 3.63) is 54.4 Å². The molecule has 144 valence electrons. The van der Waals surface area contributed by atoms with Gasteiger partial charge in [0.15, 0.2) is 4.96 Å². The first-order valence-electron chi connectivity index (χ1n) is 9.07. The second-order valence-corrected chi connectivity index (χ2v) is 8.84. The largest absolute Gasteiger partial charge is 0.440 e. The van der Waals surface area contributed by atoms with Crippen LogP contribution in [0.3, 0.4) is 0 Å². The average molecular weight is 460 g/mol. The Kier molecular flexibility index (Phi) is 4.30. The summed E-state index contributed by atoms with van der Waals surface area (Å²) in [6, 6.07) is 5.96. The van der Waals surface area contributed by atoms with Crippen LogP contribution in [0.25, 0.3) is 22.1 Å². The van der Waals surface area contributed by atoms with E-state index in [4.69, 9.17) is 9.15 Å². The number of aromatic nitrogens is 2. The molecule has 0 radical (unpaired) electrons. The molecule has 0 amide bonds. The van der Waals surface area contributed by atoms with Crippen molar-refractivity contribution in [2.45, 2.75) is 13.8 Å². The van der Waals surface area contributed by atoms with Gasteiger partial charge in [-0.2, -0.15) is 0 Å². The quantitative estimate of drug-likeness (QED) is 0.460. The van der Waals surface area contributed by atoms with Crippen LogP contribution >= 0.6 is 27.3 Å². The second-order valence-electron chi connectivity index (χ2n) is 6.97. The molecule has 1 aliphatic heterocycles. The van der Waals surface area contributed by atoms with Gasteiger partial charge in [-0.05, 0) is 53.0 Å². The third-order valence-electron chi connectivity index (χ3n) is 5.11. The van der Waals surface area contributed by atoms with Crippen LogP contribution in [0.15, 0.2) is 31.9 Å². The van der Waals surface area contributed by atoms with Gasteiger partial charge in [-0.3, -0.25) is 4.79 Å². The van der Waals surface area contributed by atoms with Crippen molar-refractivity contribution in [3.8, 4) is 0 Å². The molecule has 0 aliphatic carbocycles. The molecular formula is C20H18BrN3O3S. The summed E-state index contributed by atoms with van der Waals surface area (Å²) < 4.78 is 14.6.